The fourth-order valence-corrected chi connectivity index (χ4v) is 0.973. The second-order valence-corrected chi connectivity index (χ2v) is 3.79. The molecule has 0 aliphatic heterocycles. The number of nitrogens with one attached hydrogen (secondary N) is 1. The third-order valence-corrected chi connectivity index (χ3v) is 1.70. The van der Waals surface area contributed by atoms with E-state index in [4.69, 9.17) is 9.47 Å². The van der Waals surface area contributed by atoms with E-state index in [-0.39, 0.29) is 5.97 Å². The zero-order valence-electron chi connectivity index (χ0n) is 10.0. The Hall–Kier alpha value is -0.610. The number of ether oxygens (including phenoxy) is 2. The molecule has 0 aromatic heterocycles. The van der Waals surface area contributed by atoms with Gasteiger partial charge in [-0.15, -0.1) is 0 Å². The summed E-state index contributed by atoms with van der Waals surface area (Å²) in [6, 6.07) is 0. The minimum absolute atomic E-state index is 0.163. The fourth-order valence-electron chi connectivity index (χ4n) is 0.973. The van der Waals surface area contributed by atoms with Gasteiger partial charge < -0.3 is 14.8 Å². The summed E-state index contributed by atoms with van der Waals surface area (Å²) in [4.78, 5) is 11.1. The van der Waals surface area contributed by atoms with Crippen molar-refractivity contribution in [1.29, 1.82) is 0 Å². The van der Waals surface area contributed by atoms with Crippen LogP contribution >= 0.6 is 0 Å². The lowest BCUT2D eigenvalue weighted by Crippen LogP contribution is -2.20. The van der Waals surface area contributed by atoms with Gasteiger partial charge in [0.05, 0.1) is 13.0 Å². The molecule has 90 valence electrons. The molecule has 0 aromatic rings. The molecule has 0 heterocycles. The first-order chi connectivity index (χ1) is 7.16. The van der Waals surface area contributed by atoms with Crippen LogP contribution in [0, 0.1) is 5.92 Å². The van der Waals surface area contributed by atoms with Crippen LogP contribution < -0.4 is 5.32 Å². The maximum atomic E-state index is 11.1. The quantitative estimate of drug-likeness (QED) is 0.466. The maximum absolute atomic E-state index is 11.1. The molecule has 0 saturated heterocycles. The number of carbonyl (C=O) groups excluding carboxylic acids is 1. The van der Waals surface area contributed by atoms with Crippen molar-refractivity contribution in [1.82, 2.24) is 5.32 Å². The Morgan fingerprint density at radius 2 is 2.07 bits per heavy atom. The zero-order chi connectivity index (χ0) is 11.5. The standard InChI is InChI=1S/C11H23NO3/c1-4-12-6-5-11(13)15-8-7-14-9-10(2)3/h10,12H,4-9H2,1-3H3. The Morgan fingerprint density at radius 3 is 2.67 bits per heavy atom. The first-order valence-corrected chi connectivity index (χ1v) is 5.60. The van der Waals surface area contributed by atoms with Gasteiger partial charge in [-0.05, 0) is 12.5 Å². The highest BCUT2D eigenvalue weighted by Gasteiger charge is 2.01. The highest BCUT2D eigenvalue weighted by atomic mass is 16.6. The molecule has 0 amide bonds. The summed E-state index contributed by atoms with van der Waals surface area (Å²) in [5.41, 5.74) is 0. The lowest BCUT2D eigenvalue weighted by molar-refractivity contribution is -0.145. The Morgan fingerprint density at radius 1 is 1.33 bits per heavy atom. The summed E-state index contributed by atoms with van der Waals surface area (Å²) in [6.07, 6.45) is 0.429. The summed E-state index contributed by atoms with van der Waals surface area (Å²) in [5, 5.41) is 3.06. The van der Waals surface area contributed by atoms with Crippen LogP contribution in [0.4, 0.5) is 0 Å². The molecule has 0 bridgehead atoms. The van der Waals surface area contributed by atoms with Gasteiger partial charge in [0.15, 0.2) is 0 Å². The van der Waals surface area contributed by atoms with Crippen LogP contribution in [0.2, 0.25) is 0 Å². The van der Waals surface area contributed by atoms with Crippen molar-refractivity contribution < 1.29 is 14.3 Å². The van der Waals surface area contributed by atoms with Gasteiger partial charge in [0, 0.05) is 13.2 Å². The zero-order valence-corrected chi connectivity index (χ0v) is 10.0. The monoisotopic (exact) mass is 217 g/mol. The molecule has 1 N–H and O–H groups in total. The molecule has 4 nitrogen and oxygen atoms in total. The molecular formula is C11H23NO3. The van der Waals surface area contributed by atoms with Gasteiger partial charge >= 0.3 is 5.97 Å². The second kappa shape index (κ2) is 9.93. The van der Waals surface area contributed by atoms with E-state index < -0.39 is 0 Å². The summed E-state index contributed by atoms with van der Waals surface area (Å²) < 4.78 is 10.2. The maximum Gasteiger partial charge on any atom is 0.307 e. The minimum Gasteiger partial charge on any atom is -0.463 e. The summed E-state index contributed by atoms with van der Waals surface area (Å²) in [7, 11) is 0. The molecule has 0 aliphatic rings. The Labute approximate surface area is 92.3 Å². The lowest BCUT2D eigenvalue weighted by atomic mass is 10.2. The molecule has 0 fully saturated rings. The van der Waals surface area contributed by atoms with Crippen LogP contribution in [0.5, 0.6) is 0 Å². The van der Waals surface area contributed by atoms with Crippen molar-refractivity contribution in [3.8, 4) is 0 Å². The average Bonchev–Trinajstić information content (AvgIpc) is 2.17. The van der Waals surface area contributed by atoms with Gasteiger partial charge in [-0.2, -0.15) is 0 Å². The Bertz CT molecular complexity index is 160. The van der Waals surface area contributed by atoms with Gasteiger partial charge in [-0.3, -0.25) is 4.79 Å². The predicted octanol–water partition coefficient (Wildman–Crippen LogP) is 1.20. The van der Waals surface area contributed by atoms with Crippen molar-refractivity contribution in [3.05, 3.63) is 0 Å². The first kappa shape index (κ1) is 14.4. The van der Waals surface area contributed by atoms with Crippen LogP contribution in [0.3, 0.4) is 0 Å². The van der Waals surface area contributed by atoms with E-state index >= 15 is 0 Å². The summed E-state index contributed by atoms with van der Waals surface area (Å²) >= 11 is 0. The molecule has 0 unspecified atom stereocenters. The molecule has 0 atom stereocenters. The van der Waals surface area contributed by atoms with Crippen LogP contribution in [0.15, 0.2) is 0 Å². The molecule has 0 aromatic carbocycles. The largest absolute Gasteiger partial charge is 0.463 e. The first-order valence-electron chi connectivity index (χ1n) is 5.60. The molecular weight excluding hydrogens is 194 g/mol. The highest BCUT2D eigenvalue weighted by Crippen LogP contribution is 1.92. The van der Waals surface area contributed by atoms with E-state index in [1.54, 1.807) is 0 Å². The number of carbonyl (C=O) groups is 1. The number of hydrogen-bond acceptors (Lipinski definition) is 4. The van der Waals surface area contributed by atoms with Crippen molar-refractivity contribution in [2.75, 3.05) is 32.9 Å². The van der Waals surface area contributed by atoms with Gasteiger partial charge in [0.25, 0.3) is 0 Å². The van der Waals surface area contributed by atoms with Crippen LogP contribution in [0.25, 0.3) is 0 Å². The Balaban J connectivity index is 3.17. The van der Waals surface area contributed by atoms with Crippen molar-refractivity contribution in [3.63, 3.8) is 0 Å². The summed E-state index contributed by atoms with van der Waals surface area (Å²) in [5.74, 6) is 0.360. The predicted molar refractivity (Wildman–Crippen MR) is 59.8 cm³/mol. The smallest absolute Gasteiger partial charge is 0.307 e. The van der Waals surface area contributed by atoms with Crippen LogP contribution in [0.1, 0.15) is 27.2 Å². The van der Waals surface area contributed by atoms with Crippen molar-refractivity contribution >= 4 is 5.97 Å². The molecule has 15 heavy (non-hydrogen) atoms. The van der Waals surface area contributed by atoms with E-state index in [0.717, 1.165) is 13.2 Å². The fraction of sp³-hybridized carbons (Fsp3) is 0.909. The SMILES string of the molecule is CCNCCC(=O)OCCOCC(C)C. The van der Waals surface area contributed by atoms with E-state index in [2.05, 4.69) is 19.2 Å². The van der Waals surface area contributed by atoms with Gasteiger partial charge in [-0.1, -0.05) is 20.8 Å². The average molecular weight is 217 g/mol. The Kier molecular flexibility index (Phi) is 9.52. The van der Waals surface area contributed by atoms with Gasteiger partial charge in [0.2, 0.25) is 0 Å². The lowest BCUT2D eigenvalue weighted by Gasteiger charge is -2.07. The van der Waals surface area contributed by atoms with E-state index in [1.807, 2.05) is 6.92 Å². The van der Waals surface area contributed by atoms with Crippen LogP contribution in [-0.2, 0) is 14.3 Å². The van der Waals surface area contributed by atoms with E-state index in [9.17, 15) is 4.79 Å². The minimum atomic E-state index is -0.163. The van der Waals surface area contributed by atoms with Gasteiger partial charge in [-0.25, -0.2) is 0 Å². The third-order valence-electron chi connectivity index (χ3n) is 1.70. The highest BCUT2D eigenvalue weighted by molar-refractivity contribution is 5.69. The van der Waals surface area contributed by atoms with E-state index in [0.29, 0.717) is 32.1 Å². The third kappa shape index (κ3) is 11.3. The van der Waals surface area contributed by atoms with Crippen molar-refractivity contribution in [2.24, 2.45) is 5.92 Å². The summed E-state index contributed by atoms with van der Waals surface area (Å²) in [6.45, 7) is 9.31. The number of esters is 1. The molecule has 0 saturated carbocycles. The topological polar surface area (TPSA) is 47.6 Å². The molecule has 0 rings (SSSR count). The number of rotatable bonds is 9. The number of hydrogen-bond donors (Lipinski definition) is 1. The molecule has 0 aliphatic carbocycles. The molecule has 0 radical (unpaired) electrons. The van der Waals surface area contributed by atoms with Gasteiger partial charge in [0.1, 0.15) is 6.61 Å². The second-order valence-electron chi connectivity index (χ2n) is 3.79. The molecule has 0 spiro atoms. The van der Waals surface area contributed by atoms with E-state index in [1.165, 1.54) is 0 Å². The van der Waals surface area contributed by atoms with Crippen LogP contribution in [-0.4, -0.2) is 38.9 Å². The van der Waals surface area contributed by atoms with Crippen molar-refractivity contribution in [2.45, 2.75) is 27.2 Å². The normalized spacial score (nSPS) is 10.7. The molecule has 4 heteroatoms.